The van der Waals surface area contributed by atoms with E-state index < -0.39 is 0 Å². The van der Waals surface area contributed by atoms with E-state index in [1.807, 2.05) is 19.1 Å². The van der Waals surface area contributed by atoms with Crippen LogP contribution in [0, 0.1) is 0 Å². The number of nitrogens with one attached hydrogen (secondary N) is 1. The molecular formula is C19H20N2O2. The average Bonchev–Trinajstić information content (AvgIpc) is 2.96. The number of aromatic nitrogens is 1. The molecule has 0 radical (unpaired) electrons. The molecule has 0 fully saturated rings. The van der Waals surface area contributed by atoms with Crippen LogP contribution in [0.15, 0.2) is 42.5 Å². The monoisotopic (exact) mass is 308 g/mol. The molecule has 4 rings (SSSR count). The molecule has 4 nitrogen and oxygen atoms in total. The normalized spacial score (nSPS) is 17.2. The highest BCUT2D eigenvalue weighted by Crippen LogP contribution is 2.33. The molecule has 1 aliphatic heterocycles. The highest BCUT2D eigenvalue weighted by atomic mass is 16.5. The zero-order valence-corrected chi connectivity index (χ0v) is 13.1. The number of quaternary nitrogens is 1. The van der Waals surface area contributed by atoms with E-state index in [9.17, 15) is 5.11 Å². The fourth-order valence-electron chi connectivity index (χ4n) is 3.56. The molecule has 4 heteroatoms. The second-order valence-electron chi connectivity index (χ2n) is 5.95. The number of rotatable bonds is 3. The third-order valence-electron chi connectivity index (χ3n) is 4.58. The van der Waals surface area contributed by atoms with Gasteiger partial charge in [-0.15, -0.1) is 0 Å². The molecule has 3 aromatic rings. The van der Waals surface area contributed by atoms with Crippen LogP contribution in [0.1, 0.15) is 29.8 Å². The molecule has 1 atom stereocenters. The van der Waals surface area contributed by atoms with Crippen molar-refractivity contribution < 1.29 is 15.2 Å². The summed E-state index contributed by atoms with van der Waals surface area (Å²) in [5, 5.41) is 15.5. The van der Waals surface area contributed by atoms with Gasteiger partial charge in [-0.3, -0.25) is 0 Å². The van der Waals surface area contributed by atoms with E-state index in [0.29, 0.717) is 12.4 Å². The van der Waals surface area contributed by atoms with Crippen LogP contribution in [0.5, 0.6) is 11.5 Å². The maximum atomic E-state index is 11.9. The van der Waals surface area contributed by atoms with Gasteiger partial charge in [0.05, 0.1) is 18.8 Å². The van der Waals surface area contributed by atoms with Gasteiger partial charge in [0.1, 0.15) is 5.75 Å². The molecule has 23 heavy (non-hydrogen) atoms. The second kappa shape index (κ2) is 5.63. The van der Waals surface area contributed by atoms with E-state index in [-0.39, 0.29) is 11.8 Å². The van der Waals surface area contributed by atoms with Crippen molar-refractivity contribution in [3.05, 3.63) is 59.3 Å². The van der Waals surface area contributed by atoms with E-state index in [2.05, 4.69) is 34.6 Å². The van der Waals surface area contributed by atoms with Crippen molar-refractivity contribution in [1.82, 2.24) is 4.98 Å². The van der Waals surface area contributed by atoms with Crippen molar-refractivity contribution >= 4 is 10.9 Å². The molecule has 2 heterocycles. The quantitative estimate of drug-likeness (QED) is 0.775. The Kier molecular flexibility index (Phi) is 3.46. The SMILES string of the molecule is CCOc1cc(C2[NH2+]CCc3c2[nH]c2ccccc32)ccc1[O-]. The van der Waals surface area contributed by atoms with Gasteiger partial charge in [0.2, 0.25) is 0 Å². The van der Waals surface area contributed by atoms with Crippen LogP contribution in [-0.4, -0.2) is 18.1 Å². The summed E-state index contributed by atoms with van der Waals surface area (Å²) in [7, 11) is 0. The standard InChI is InChI=1S/C19H20N2O2/c1-2-23-17-11-12(7-8-16(17)22)18-19-14(9-10-20-18)13-5-3-4-6-15(13)21-19/h3-8,11,18,20-22H,2,9-10H2,1H3. The number of hydrogen-bond donors (Lipinski definition) is 2. The van der Waals surface area contributed by atoms with E-state index >= 15 is 0 Å². The number of para-hydroxylation sites is 1. The highest BCUT2D eigenvalue weighted by Gasteiger charge is 2.28. The molecule has 1 unspecified atom stereocenters. The predicted molar refractivity (Wildman–Crippen MR) is 87.7 cm³/mol. The number of H-pyrrole nitrogens is 1. The second-order valence-corrected chi connectivity index (χ2v) is 5.95. The molecule has 0 spiro atoms. The van der Waals surface area contributed by atoms with Gasteiger partial charge in [0.25, 0.3) is 0 Å². The first kappa shape index (κ1) is 14.2. The summed E-state index contributed by atoms with van der Waals surface area (Å²) in [6.07, 6.45) is 1.06. The molecule has 1 aromatic heterocycles. The number of fused-ring (bicyclic) bond motifs is 3. The number of nitrogens with two attached hydrogens (primary N) is 1. The summed E-state index contributed by atoms with van der Waals surface area (Å²) in [5.41, 5.74) is 4.94. The zero-order chi connectivity index (χ0) is 15.8. The Morgan fingerprint density at radius 3 is 3.00 bits per heavy atom. The van der Waals surface area contributed by atoms with Gasteiger partial charge in [0, 0.05) is 22.9 Å². The molecule has 0 saturated carbocycles. The molecule has 118 valence electrons. The minimum absolute atomic E-state index is 0.0525. The lowest BCUT2D eigenvalue weighted by Crippen LogP contribution is -2.87. The van der Waals surface area contributed by atoms with Gasteiger partial charge in [-0.05, 0) is 24.6 Å². The van der Waals surface area contributed by atoms with Crippen molar-refractivity contribution in [1.29, 1.82) is 0 Å². The lowest BCUT2D eigenvalue weighted by molar-refractivity contribution is -0.690. The van der Waals surface area contributed by atoms with Crippen LogP contribution in [0.2, 0.25) is 0 Å². The number of hydrogen-bond acceptors (Lipinski definition) is 2. The van der Waals surface area contributed by atoms with Gasteiger partial charge >= 0.3 is 0 Å². The average molecular weight is 308 g/mol. The molecule has 1 aliphatic rings. The molecule has 0 bridgehead atoms. The Labute approximate surface area is 135 Å². The third kappa shape index (κ3) is 2.35. The highest BCUT2D eigenvalue weighted by molar-refractivity contribution is 5.85. The van der Waals surface area contributed by atoms with Gasteiger partial charge in [-0.25, -0.2) is 0 Å². The first-order chi connectivity index (χ1) is 11.3. The van der Waals surface area contributed by atoms with Crippen molar-refractivity contribution in [2.24, 2.45) is 0 Å². The Balaban J connectivity index is 1.81. The van der Waals surface area contributed by atoms with Crippen LogP contribution < -0.4 is 15.2 Å². The van der Waals surface area contributed by atoms with Gasteiger partial charge < -0.3 is 20.1 Å². The molecular weight excluding hydrogens is 288 g/mol. The lowest BCUT2D eigenvalue weighted by Gasteiger charge is -2.23. The van der Waals surface area contributed by atoms with Crippen LogP contribution in [-0.2, 0) is 6.42 Å². The summed E-state index contributed by atoms with van der Waals surface area (Å²) in [6.45, 7) is 3.45. The van der Waals surface area contributed by atoms with E-state index in [0.717, 1.165) is 18.5 Å². The predicted octanol–water partition coefficient (Wildman–Crippen LogP) is 1.85. The van der Waals surface area contributed by atoms with Gasteiger partial charge in [-0.2, -0.15) is 0 Å². The van der Waals surface area contributed by atoms with E-state index in [1.165, 1.54) is 22.2 Å². The smallest absolute Gasteiger partial charge is 0.153 e. The third-order valence-corrected chi connectivity index (χ3v) is 4.58. The first-order valence-electron chi connectivity index (χ1n) is 8.14. The summed E-state index contributed by atoms with van der Waals surface area (Å²) >= 11 is 0. The fraction of sp³-hybridized carbons (Fsp3) is 0.263. The summed E-state index contributed by atoms with van der Waals surface area (Å²) in [5.74, 6) is 0.393. The topological polar surface area (TPSA) is 64.7 Å². The Hall–Kier alpha value is -2.46. The van der Waals surface area contributed by atoms with Crippen molar-refractivity contribution in [3.63, 3.8) is 0 Å². The molecule has 3 N–H and O–H groups in total. The van der Waals surface area contributed by atoms with Gasteiger partial charge in [-0.1, -0.05) is 36.1 Å². The van der Waals surface area contributed by atoms with E-state index in [1.54, 1.807) is 6.07 Å². The van der Waals surface area contributed by atoms with E-state index in [4.69, 9.17) is 4.74 Å². The number of benzene rings is 2. The number of aromatic amines is 1. The minimum Gasteiger partial charge on any atom is -0.870 e. The molecule has 0 aliphatic carbocycles. The molecule has 2 aromatic carbocycles. The molecule has 0 saturated heterocycles. The Bertz CT molecular complexity index is 854. The number of ether oxygens (including phenoxy) is 1. The van der Waals surface area contributed by atoms with Crippen LogP contribution in [0.3, 0.4) is 0 Å². The first-order valence-corrected chi connectivity index (χ1v) is 8.14. The van der Waals surface area contributed by atoms with Gasteiger partial charge in [0.15, 0.2) is 6.04 Å². The minimum atomic E-state index is -0.0525. The van der Waals surface area contributed by atoms with Crippen LogP contribution >= 0.6 is 0 Å². The summed E-state index contributed by atoms with van der Waals surface area (Å²) in [4.78, 5) is 3.58. The van der Waals surface area contributed by atoms with Crippen LogP contribution in [0.25, 0.3) is 10.9 Å². The van der Waals surface area contributed by atoms with Crippen molar-refractivity contribution in [2.75, 3.05) is 13.2 Å². The summed E-state index contributed by atoms with van der Waals surface area (Å²) in [6, 6.07) is 14.1. The summed E-state index contributed by atoms with van der Waals surface area (Å²) < 4.78 is 5.48. The van der Waals surface area contributed by atoms with Crippen molar-refractivity contribution in [3.8, 4) is 11.5 Å². The van der Waals surface area contributed by atoms with Crippen LogP contribution in [0.4, 0.5) is 0 Å². The fourth-order valence-corrected chi connectivity index (χ4v) is 3.56. The Morgan fingerprint density at radius 1 is 1.26 bits per heavy atom. The maximum absolute atomic E-state index is 11.9. The zero-order valence-electron chi connectivity index (χ0n) is 13.1. The lowest BCUT2D eigenvalue weighted by atomic mass is 9.94. The Morgan fingerprint density at radius 2 is 2.13 bits per heavy atom. The largest absolute Gasteiger partial charge is 0.870 e. The maximum Gasteiger partial charge on any atom is 0.153 e. The molecule has 0 amide bonds. The van der Waals surface area contributed by atoms with Crippen molar-refractivity contribution in [2.45, 2.75) is 19.4 Å².